The Balaban J connectivity index is 1.62. The average Bonchev–Trinajstić information content (AvgIpc) is 3.01. The van der Waals surface area contributed by atoms with E-state index in [4.69, 9.17) is 16.3 Å². The van der Waals surface area contributed by atoms with Crippen molar-refractivity contribution < 1.29 is 14.3 Å². The Bertz CT molecular complexity index is 1220. The van der Waals surface area contributed by atoms with Gasteiger partial charge in [-0.2, -0.15) is 0 Å². The fourth-order valence-electron chi connectivity index (χ4n) is 4.30. The first kappa shape index (κ1) is 25.7. The molecule has 0 saturated carbocycles. The number of nitrogens with zero attached hydrogens (tertiary/aromatic N) is 3. The number of amides is 2. The number of aromatic nitrogens is 1. The van der Waals surface area contributed by atoms with Crippen molar-refractivity contribution in [3.8, 4) is 5.75 Å². The summed E-state index contributed by atoms with van der Waals surface area (Å²) in [7, 11) is 2.03. The molecule has 0 bridgehead atoms. The Morgan fingerprint density at radius 1 is 1.14 bits per heavy atom. The fourth-order valence-corrected chi connectivity index (χ4v) is 4.43. The second-order valence-electron chi connectivity index (χ2n) is 9.33. The first-order valence-corrected chi connectivity index (χ1v) is 12.4. The molecule has 2 atom stereocenters. The highest BCUT2D eigenvalue weighted by Crippen LogP contribution is 2.35. The van der Waals surface area contributed by atoms with Crippen LogP contribution >= 0.6 is 11.6 Å². The SMILES string of the molecule is CC(c1ccc(Cl)cc1)N(C)C[C@@H]1CN(C(C)C)C(=O)c2cccc(NC(=O)c3ccncc3)c2O1. The van der Waals surface area contributed by atoms with Crippen LogP contribution in [0.5, 0.6) is 5.75 Å². The van der Waals surface area contributed by atoms with Gasteiger partial charge in [-0.25, -0.2) is 0 Å². The number of halogens is 1. The molecule has 2 heterocycles. The number of fused-ring (bicyclic) bond motifs is 1. The molecule has 1 aliphatic heterocycles. The Morgan fingerprint density at radius 3 is 2.50 bits per heavy atom. The highest BCUT2D eigenvalue weighted by atomic mass is 35.5. The van der Waals surface area contributed by atoms with Crippen LogP contribution in [0, 0.1) is 0 Å². The van der Waals surface area contributed by atoms with Gasteiger partial charge in [-0.05, 0) is 69.8 Å². The van der Waals surface area contributed by atoms with Gasteiger partial charge in [-0.15, -0.1) is 0 Å². The van der Waals surface area contributed by atoms with Gasteiger partial charge in [-0.1, -0.05) is 29.8 Å². The standard InChI is InChI=1S/C28H31ClN4O3/c1-18(2)33-17-23(16-32(4)19(3)20-8-10-22(29)11-9-20)36-26-24(28(33)35)6-5-7-25(26)31-27(34)21-12-14-30-15-13-21/h5-15,18-19,23H,16-17H2,1-4H3,(H,31,34)/t19?,23-/m1/s1. The lowest BCUT2D eigenvalue weighted by atomic mass is 10.1. The van der Waals surface area contributed by atoms with E-state index in [1.54, 1.807) is 42.7 Å². The van der Waals surface area contributed by atoms with Gasteiger partial charge in [0.25, 0.3) is 11.8 Å². The van der Waals surface area contributed by atoms with Crippen molar-refractivity contribution in [3.63, 3.8) is 0 Å². The maximum absolute atomic E-state index is 13.5. The number of hydrogen-bond acceptors (Lipinski definition) is 5. The molecule has 0 radical (unpaired) electrons. The molecule has 36 heavy (non-hydrogen) atoms. The zero-order valence-corrected chi connectivity index (χ0v) is 21.7. The van der Waals surface area contributed by atoms with Crippen molar-refractivity contribution in [2.45, 2.75) is 39.0 Å². The zero-order chi connectivity index (χ0) is 25.8. The summed E-state index contributed by atoms with van der Waals surface area (Å²) in [5.74, 6) is -0.0154. The number of ether oxygens (including phenoxy) is 1. The summed E-state index contributed by atoms with van der Waals surface area (Å²) >= 11 is 6.06. The lowest BCUT2D eigenvalue weighted by Gasteiger charge is -2.32. The summed E-state index contributed by atoms with van der Waals surface area (Å²) < 4.78 is 6.50. The van der Waals surface area contributed by atoms with Gasteiger partial charge in [0, 0.05) is 41.6 Å². The number of pyridine rings is 1. The molecular formula is C28H31ClN4O3. The van der Waals surface area contributed by atoms with Gasteiger partial charge in [0.05, 0.1) is 17.8 Å². The lowest BCUT2D eigenvalue weighted by molar-refractivity contribution is 0.0586. The minimum absolute atomic E-state index is 0.0105. The number of rotatable bonds is 7. The zero-order valence-electron chi connectivity index (χ0n) is 20.9. The van der Waals surface area contributed by atoms with E-state index >= 15 is 0 Å². The van der Waals surface area contributed by atoms with Crippen LogP contribution in [0.3, 0.4) is 0 Å². The van der Waals surface area contributed by atoms with E-state index in [2.05, 4.69) is 22.1 Å². The van der Waals surface area contributed by atoms with E-state index in [-0.39, 0.29) is 30.0 Å². The second kappa shape index (κ2) is 11.1. The van der Waals surface area contributed by atoms with E-state index in [0.717, 1.165) is 5.56 Å². The Hall–Kier alpha value is -3.42. The number of nitrogens with one attached hydrogen (secondary N) is 1. The number of benzene rings is 2. The molecule has 0 spiro atoms. The Morgan fingerprint density at radius 2 is 1.83 bits per heavy atom. The Kier molecular flexibility index (Phi) is 7.91. The van der Waals surface area contributed by atoms with E-state index < -0.39 is 0 Å². The molecule has 1 unspecified atom stereocenters. The summed E-state index contributed by atoms with van der Waals surface area (Å²) in [4.78, 5) is 34.3. The normalized spacial score (nSPS) is 16.4. The van der Waals surface area contributed by atoms with E-state index in [0.29, 0.717) is 40.7 Å². The van der Waals surface area contributed by atoms with E-state index in [1.165, 1.54) is 0 Å². The van der Waals surface area contributed by atoms with Gasteiger partial charge in [0.2, 0.25) is 0 Å². The molecule has 2 aromatic carbocycles. The average molecular weight is 507 g/mol. The molecule has 1 aliphatic rings. The van der Waals surface area contributed by atoms with Crippen LogP contribution in [0.1, 0.15) is 53.1 Å². The van der Waals surface area contributed by atoms with Gasteiger partial charge in [0.15, 0.2) is 5.75 Å². The van der Waals surface area contributed by atoms with Crippen LogP contribution in [0.2, 0.25) is 5.02 Å². The Labute approximate surface area is 217 Å². The highest BCUT2D eigenvalue weighted by Gasteiger charge is 2.33. The van der Waals surface area contributed by atoms with Crippen molar-refractivity contribution in [2.75, 3.05) is 25.5 Å². The summed E-state index contributed by atoms with van der Waals surface area (Å²) in [6.45, 7) is 7.12. The number of hydrogen-bond donors (Lipinski definition) is 1. The first-order chi connectivity index (χ1) is 17.2. The second-order valence-corrected chi connectivity index (χ2v) is 9.77. The third kappa shape index (κ3) is 5.69. The molecule has 1 N–H and O–H groups in total. The first-order valence-electron chi connectivity index (χ1n) is 12.0. The molecule has 8 heteroatoms. The monoisotopic (exact) mass is 506 g/mol. The third-order valence-corrected chi connectivity index (χ3v) is 6.76. The third-order valence-electron chi connectivity index (χ3n) is 6.51. The van der Waals surface area contributed by atoms with E-state index in [9.17, 15) is 9.59 Å². The van der Waals surface area contributed by atoms with Gasteiger partial charge in [-0.3, -0.25) is 19.5 Å². The number of anilines is 1. The molecule has 1 aromatic heterocycles. The molecular weight excluding hydrogens is 476 g/mol. The van der Waals surface area contributed by atoms with Crippen molar-refractivity contribution in [1.82, 2.24) is 14.8 Å². The fraction of sp³-hybridized carbons (Fsp3) is 0.321. The largest absolute Gasteiger partial charge is 0.484 e. The van der Waals surface area contributed by atoms with Crippen LogP contribution < -0.4 is 10.1 Å². The molecule has 2 amide bonds. The van der Waals surface area contributed by atoms with Crippen LogP contribution in [-0.4, -0.2) is 58.9 Å². The molecule has 0 saturated heterocycles. The van der Waals surface area contributed by atoms with Gasteiger partial charge >= 0.3 is 0 Å². The summed E-state index contributed by atoms with van der Waals surface area (Å²) in [5.41, 5.74) is 2.51. The summed E-state index contributed by atoms with van der Waals surface area (Å²) in [6.07, 6.45) is 2.82. The molecule has 3 aromatic rings. The minimum atomic E-state index is -0.309. The molecule has 188 valence electrons. The van der Waals surface area contributed by atoms with Crippen molar-refractivity contribution in [1.29, 1.82) is 0 Å². The predicted molar refractivity (Wildman–Crippen MR) is 142 cm³/mol. The van der Waals surface area contributed by atoms with Crippen molar-refractivity contribution >= 4 is 29.1 Å². The number of likely N-dealkylation sites (N-methyl/N-ethyl adjacent to an activating group) is 1. The maximum Gasteiger partial charge on any atom is 0.258 e. The quantitative estimate of drug-likeness (QED) is 0.471. The predicted octanol–water partition coefficient (Wildman–Crippen LogP) is 5.29. The van der Waals surface area contributed by atoms with Gasteiger partial charge < -0.3 is 15.0 Å². The molecule has 0 fully saturated rings. The smallest absolute Gasteiger partial charge is 0.258 e. The van der Waals surface area contributed by atoms with Crippen molar-refractivity contribution in [3.05, 3.63) is 88.7 Å². The maximum atomic E-state index is 13.5. The van der Waals surface area contributed by atoms with Crippen molar-refractivity contribution in [2.24, 2.45) is 0 Å². The number of carbonyl (C=O) groups excluding carboxylic acids is 2. The number of carbonyl (C=O) groups is 2. The minimum Gasteiger partial charge on any atom is -0.484 e. The topological polar surface area (TPSA) is 74.8 Å². The molecule has 4 rings (SSSR count). The molecule has 7 nitrogen and oxygen atoms in total. The summed E-state index contributed by atoms with van der Waals surface area (Å²) in [5, 5.41) is 3.62. The van der Waals surface area contributed by atoms with Gasteiger partial charge in [0.1, 0.15) is 6.10 Å². The van der Waals surface area contributed by atoms with Crippen LogP contribution in [0.25, 0.3) is 0 Å². The lowest BCUT2D eigenvalue weighted by Crippen LogP contribution is -2.45. The summed E-state index contributed by atoms with van der Waals surface area (Å²) in [6, 6.07) is 16.4. The van der Waals surface area contributed by atoms with Crippen LogP contribution in [0.15, 0.2) is 67.0 Å². The van der Waals surface area contributed by atoms with E-state index in [1.807, 2.05) is 50.1 Å². The van der Waals surface area contributed by atoms with Crippen LogP contribution in [0.4, 0.5) is 5.69 Å². The highest BCUT2D eigenvalue weighted by molar-refractivity contribution is 6.30. The van der Waals surface area contributed by atoms with Crippen LogP contribution in [-0.2, 0) is 0 Å². The number of para-hydroxylation sites is 1. The molecule has 0 aliphatic carbocycles.